The molecular weight excluding hydrogens is 1090 g/mol. The van der Waals surface area contributed by atoms with Crippen LogP contribution in [0.25, 0.3) is 0 Å². The Morgan fingerprint density at radius 3 is 0.919 bits per heavy atom. The molecule has 0 aromatic heterocycles. The lowest BCUT2D eigenvalue weighted by Crippen LogP contribution is -2.37. The van der Waals surface area contributed by atoms with Crippen LogP contribution in [0.1, 0.15) is 399 Å². The van der Waals surface area contributed by atoms with Crippen molar-refractivity contribution in [3.8, 4) is 0 Å². The molecule has 0 amide bonds. The molecule has 86 heavy (non-hydrogen) atoms. The van der Waals surface area contributed by atoms with Crippen LogP contribution in [0.5, 0.6) is 0 Å². The molecule has 10 heteroatoms. The van der Waals surface area contributed by atoms with Gasteiger partial charge in [0, 0.05) is 12.8 Å². The van der Waals surface area contributed by atoms with E-state index in [1.165, 1.54) is 327 Å². The van der Waals surface area contributed by atoms with Crippen molar-refractivity contribution in [3.63, 3.8) is 0 Å². The van der Waals surface area contributed by atoms with Crippen LogP contribution >= 0.6 is 7.82 Å². The summed E-state index contributed by atoms with van der Waals surface area (Å²) in [5, 5.41) is 0. The Hall–Kier alpha value is -1.51. The van der Waals surface area contributed by atoms with Crippen molar-refractivity contribution < 1.29 is 42.1 Å². The average Bonchev–Trinajstić information content (AvgIpc) is 3.56. The highest BCUT2D eigenvalue weighted by Crippen LogP contribution is 2.43. The van der Waals surface area contributed by atoms with E-state index >= 15 is 0 Å². The van der Waals surface area contributed by atoms with Crippen molar-refractivity contribution in [2.24, 2.45) is 0 Å². The van der Waals surface area contributed by atoms with Crippen LogP contribution in [0.2, 0.25) is 0 Å². The number of rotatable bonds is 72. The number of nitrogens with zero attached hydrogens (tertiary/aromatic N) is 1. The van der Waals surface area contributed by atoms with Gasteiger partial charge in [-0.2, -0.15) is 0 Å². The normalized spacial score (nSPS) is 13.1. The van der Waals surface area contributed by atoms with Gasteiger partial charge in [-0.05, 0) is 44.9 Å². The highest BCUT2D eigenvalue weighted by Gasteiger charge is 2.27. The molecule has 0 spiro atoms. The van der Waals surface area contributed by atoms with E-state index in [-0.39, 0.29) is 25.6 Å². The summed E-state index contributed by atoms with van der Waals surface area (Å²) in [5.74, 6) is -0.769. The van der Waals surface area contributed by atoms with Crippen LogP contribution < -0.4 is 0 Å². The second-order valence-electron chi connectivity index (χ2n) is 27.4. The summed E-state index contributed by atoms with van der Waals surface area (Å²) in [5.41, 5.74) is 0. The maximum Gasteiger partial charge on any atom is 0.472 e. The van der Waals surface area contributed by atoms with Crippen molar-refractivity contribution in [2.45, 2.75) is 405 Å². The van der Waals surface area contributed by atoms with Gasteiger partial charge in [0.15, 0.2) is 6.10 Å². The van der Waals surface area contributed by atoms with Gasteiger partial charge in [-0.25, -0.2) is 4.57 Å². The molecule has 0 aliphatic heterocycles. The zero-order chi connectivity index (χ0) is 62.6. The number of hydrogen-bond donors (Lipinski definition) is 1. The third kappa shape index (κ3) is 71.6. The van der Waals surface area contributed by atoms with Crippen LogP contribution in [-0.4, -0.2) is 74.9 Å². The largest absolute Gasteiger partial charge is 0.472 e. The van der Waals surface area contributed by atoms with Gasteiger partial charge in [0.2, 0.25) is 0 Å². The highest BCUT2D eigenvalue weighted by atomic mass is 31.2. The number of hydrogen-bond acceptors (Lipinski definition) is 7. The fourth-order valence-corrected chi connectivity index (χ4v) is 12.4. The molecule has 0 radical (unpaired) electrons. The Kier molecular flexibility index (Phi) is 66.7. The van der Waals surface area contributed by atoms with E-state index in [4.69, 9.17) is 18.5 Å². The van der Waals surface area contributed by atoms with Gasteiger partial charge in [-0.15, -0.1) is 0 Å². The number of allylic oxidation sites excluding steroid dienone is 4. The average molecular weight is 1240 g/mol. The highest BCUT2D eigenvalue weighted by molar-refractivity contribution is 7.47. The van der Waals surface area contributed by atoms with Gasteiger partial charge in [0.1, 0.15) is 19.8 Å². The van der Waals surface area contributed by atoms with Crippen molar-refractivity contribution in [3.05, 3.63) is 24.3 Å². The summed E-state index contributed by atoms with van der Waals surface area (Å²) in [7, 11) is 1.50. The first kappa shape index (κ1) is 84.5. The zero-order valence-corrected chi connectivity index (χ0v) is 59.2. The smallest absolute Gasteiger partial charge is 0.462 e. The lowest BCUT2D eigenvalue weighted by Gasteiger charge is -2.24. The van der Waals surface area contributed by atoms with Gasteiger partial charge in [0.25, 0.3) is 0 Å². The Labute approximate surface area is 536 Å². The Morgan fingerprint density at radius 1 is 0.360 bits per heavy atom. The fraction of sp³-hybridized carbons (Fsp3) is 0.921. The van der Waals surface area contributed by atoms with Crippen molar-refractivity contribution in [1.29, 1.82) is 0 Å². The Morgan fingerprint density at radius 2 is 0.628 bits per heavy atom. The lowest BCUT2D eigenvalue weighted by atomic mass is 10.0. The SMILES string of the molecule is CCCCCCC/C=C\C/C=C\CCCCCCCCCCCCCCCCCCCCCCCCCC(=O)OC(COC(=O)CCCCCCCCCCCCCCCCCCCCCCCCCCCCC)COP(=O)(O)OCC[N+](C)(C)C. The molecule has 0 bridgehead atoms. The summed E-state index contributed by atoms with van der Waals surface area (Å²) in [6.45, 7) is 4.51. The van der Waals surface area contributed by atoms with E-state index in [1.807, 2.05) is 21.1 Å². The molecule has 0 aromatic rings. The number of quaternary nitrogens is 1. The molecule has 1 N–H and O–H groups in total. The number of unbranched alkanes of at least 4 members (excludes halogenated alkanes) is 54. The predicted molar refractivity (Wildman–Crippen MR) is 372 cm³/mol. The zero-order valence-electron chi connectivity index (χ0n) is 58.3. The number of phosphoric ester groups is 1. The third-order valence-corrected chi connectivity index (χ3v) is 18.5. The summed E-state index contributed by atoms with van der Waals surface area (Å²) in [6.07, 6.45) is 86.0. The molecule has 2 unspecified atom stereocenters. The monoisotopic (exact) mass is 1240 g/mol. The standard InChI is InChI=1S/C76H148NO8P/c1-6-8-10-12-14-16-18-20-22-24-26-28-30-32-34-35-36-37-38-39-40-41-43-45-47-49-51-53-55-57-59-61-63-65-67-69-76(79)85-74(73-84-86(80,81)83-71-70-77(3,4)5)72-82-75(78)68-66-64-62-60-58-56-54-52-50-48-46-44-42-33-31-29-27-25-23-21-19-17-15-13-11-9-7-2/h18,20,24,26,74H,6-17,19,21-23,25,27-73H2,1-5H3/p+1/b20-18-,26-24-. The summed E-state index contributed by atoms with van der Waals surface area (Å²) >= 11 is 0. The Bertz CT molecular complexity index is 1500. The molecule has 0 rings (SSSR count). The minimum atomic E-state index is -4.39. The van der Waals surface area contributed by atoms with Crippen LogP contribution in [0, 0.1) is 0 Å². The van der Waals surface area contributed by atoms with Crippen LogP contribution in [0.3, 0.4) is 0 Å². The van der Waals surface area contributed by atoms with Crippen molar-refractivity contribution in [1.82, 2.24) is 0 Å². The van der Waals surface area contributed by atoms with Crippen molar-refractivity contribution >= 4 is 19.8 Å². The molecule has 2 atom stereocenters. The molecule has 0 saturated carbocycles. The molecule has 0 aromatic carbocycles. The molecular formula is C76H149NO8P+. The topological polar surface area (TPSA) is 108 Å². The number of carbonyl (C=O) groups is 2. The minimum Gasteiger partial charge on any atom is -0.462 e. The molecule has 0 heterocycles. The first-order valence-electron chi connectivity index (χ1n) is 38.1. The van der Waals surface area contributed by atoms with Gasteiger partial charge in [0.05, 0.1) is 27.7 Å². The number of carbonyl (C=O) groups excluding carboxylic acids is 2. The lowest BCUT2D eigenvalue weighted by molar-refractivity contribution is -0.870. The van der Waals surface area contributed by atoms with E-state index < -0.39 is 26.5 Å². The molecule has 510 valence electrons. The van der Waals surface area contributed by atoms with Crippen LogP contribution in [0.4, 0.5) is 0 Å². The molecule has 0 aliphatic carbocycles. The third-order valence-electron chi connectivity index (χ3n) is 17.5. The van der Waals surface area contributed by atoms with Gasteiger partial charge < -0.3 is 18.9 Å². The van der Waals surface area contributed by atoms with E-state index in [2.05, 4.69) is 38.2 Å². The Balaban J connectivity index is 3.93. The second-order valence-corrected chi connectivity index (χ2v) is 28.9. The second kappa shape index (κ2) is 67.9. The molecule has 9 nitrogen and oxygen atoms in total. The minimum absolute atomic E-state index is 0.0363. The summed E-state index contributed by atoms with van der Waals surface area (Å²) in [6, 6.07) is 0. The quantitative estimate of drug-likeness (QED) is 0.0211. The van der Waals surface area contributed by atoms with Gasteiger partial charge >= 0.3 is 19.8 Å². The molecule has 0 fully saturated rings. The van der Waals surface area contributed by atoms with Gasteiger partial charge in [-0.1, -0.05) is 366 Å². The van der Waals surface area contributed by atoms with Crippen LogP contribution in [-0.2, 0) is 32.7 Å². The maximum absolute atomic E-state index is 12.9. The number of likely N-dealkylation sites (N-methyl/N-ethyl adjacent to an activating group) is 1. The first-order valence-corrected chi connectivity index (χ1v) is 39.6. The predicted octanol–water partition coefficient (Wildman–Crippen LogP) is 24.8. The molecule has 0 aliphatic rings. The molecule has 0 saturated heterocycles. The summed E-state index contributed by atoms with van der Waals surface area (Å²) in [4.78, 5) is 35.9. The van der Waals surface area contributed by atoms with E-state index in [0.717, 1.165) is 44.9 Å². The number of ether oxygens (including phenoxy) is 2. The number of esters is 2. The van der Waals surface area contributed by atoms with Crippen molar-refractivity contribution in [2.75, 3.05) is 47.5 Å². The first-order chi connectivity index (χ1) is 42.0. The van der Waals surface area contributed by atoms with Crippen LogP contribution in [0.15, 0.2) is 24.3 Å². The fourth-order valence-electron chi connectivity index (χ4n) is 11.6. The van der Waals surface area contributed by atoms with E-state index in [1.54, 1.807) is 0 Å². The van der Waals surface area contributed by atoms with E-state index in [9.17, 15) is 19.0 Å². The maximum atomic E-state index is 12.9. The summed E-state index contributed by atoms with van der Waals surface area (Å²) < 4.78 is 34.8. The van der Waals surface area contributed by atoms with E-state index in [0.29, 0.717) is 17.4 Å². The number of phosphoric acid groups is 1. The van der Waals surface area contributed by atoms with Gasteiger partial charge in [-0.3, -0.25) is 18.6 Å².